The summed E-state index contributed by atoms with van der Waals surface area (Å²) in [6.45, 7) is 0. The summed E-state index contributed by atoms with van der Waals surface area (Å²) in [4.78, 5) is 38.4. The van der Waals surface area contributed by atoms with Crippen molar-refractivity contribution in [2.45, 2.75) is 0 Å². The Morgan fingerprint density at radius 1 is 0.781 bits per heavy atom. The van der Waals surface area contributed by atoms with Crippen molar-refractivity contribution in [2.24, 2.45) is 0 Å². The van der Waals surface area contributed by atoms with E-state index in [0.29, 0.717) is 33.9 Å². The number of hydrogen-bond donors (Lipinski definition) is 2. The molecular weight excluding hydrogens is 428 g/mol. The summed E-state index contributed by atoms with van der Waals surface area (Å²) in [7, 11) is 2.90. The molecule has 2 N–H and O–H groups in total. The number of nitrogens with one attached hydrogen (secondary N) is 2. The van der Waals surface area contributed by atoms with E-state index < -0.39 is 5.91 Å². The monoisotopic (exact) mass is 446 g/mol. The number of fused-ring (bicyclic) bond motifs is 2. The lowest BCUT2D eigenvalue weighted by Crippen LogP contribution is -2.34. The highest BCUT2D eigenvalue weighted by Crippen LogP contribution is 2.30. The number of carbonyl (C=O) groups excluding carboxylic acids is 3. The molecule has 0 radical (unpaired) electrons. The van der Waals surface area contributed by atoms with Crippen LogP contribution in [-0.4, -0.2) is 36.8 Å². The second-order valence-corrected chi connectivity index (χ2v) is 7.32. The van der Waals surface area contributed by atoms with Crippen molar-refractivity contribution in [3.8, 4) is 11.5 Å². The van der Waals surface area contributed by atoms with Crippen LogP contribution in [0.4, 0.5) is 5.69 Å². The van der Waals surface area contributed by atoms with Gasteiger partial charge in [0, 0.05) is 27.9 Å². The molecule has 1 aliphatic rings. The molecule has 0 aliphatic heterocycles. The van der Waals surface area contributed by atoms with Crippen LogP contribution in [0.25, 0.3) is 0 Å². The van der Waals surface area contributed by atoms with Crippen LogP contribution >= 0.6 is 12.2 Å². The molecule has 0 saturated carbocycles. The average molecular weight is 446 g/mol. The Kier molecular flexibility index (Phi) is 5.70. The fourth-order valence-electron chi connectivity index (χ4n) is 3.58. The Balaban J connectivity index is 1.55. The molecule has 7 nitrogen and oxygen atoms in total. The van der Waals surface area contributed by atoms with E-state index in [1.807, 2.05) is 0 Å². The molecule has 160 valence electrons. The molecule has 0 atom stereocenters. The van der Waals surface area contributed by atoms with Gasteiger partial charge in [-0.1, -0.05) is 30.3 Å². The van der Waals surface area contributed by atoms with Crippen LogP contribution in [0.15, 0.2) is 60.7 Å². The van der Waals surface area contributed by atoms with Crippen molar-refractivity contribution in [2.75, 3.05) is 19.5 Å². The van der Waals surface area contributed by atoms with Gasteiger partial charge in [0.05, 0.1) is 14.2 Å². The van der Waals surface area contributed by atoms with E-state index in [1.165, 1.54) is 14.2 Å². The lowest BCUT2D eigenvalue weighted by Gasteiger charge is -2.19. The lowest BCUT2D eigenvalue weighted by molar-refractivity contribution is 0.0970. The molecule has 32 heavy (non-hydrogen) atoms. The molecule has 1 aliphatic carbocycles. The summed E-state index contributed by atoms with van der Waals surface area (Å²) in [6.07, 6.45) is 0. The third-order valence-corrected chi connectivity index (χ3v) is 5.27. The van der Waals surface area contributed by atoms with E-state index in [1.54, 1.807) is 60.7 Å². The fraction of sp³-hybridized carbons (Fsp3) is 0.0833. The summed E-state index contributed by atoms with van der Waals surface area (Å²) < 4.78 is 10.5. The first-order chi connectivity index (χ1) is 15.4. The zero-order chi connectivity index (χ0) is 22.8. The SMILES string of the molecule is COc1cccc(OC)c1C(=O)NC(=S)Nc1ccc2c(c1)C(=O)c1ccccc1C2=O. The molecular formula is C24H18N2O5S. The maximum atomic E-state index is 12.9. The Morgan fingerprint density at radius 2 is 1.34 bits per heavy atom. The van der Waals surface area contributed by atoms with Crippen molar-refractivity contribution in [3.63, 3.8) is 0 Å². The van der Waals surface area contributed by atoms with Crippen molar-refractivity contribution in [1.29, 1.82) is 0 Å². The minimum atomic E-state index is -0.519. The van der Waals surface area contributed by atoms with Gasteiger partial charge in [0.1, 0.15) is 17.1 Å². The van der Waals surface area contributed by atoms with Crippen LogP contribution in [0.3, 0.4) is 0 Å². The van der Waals surface area contributed by atoms with Gasteiger partial charge < -0.3 is 14.8 Å². The topological polar surface area (TPSA) is 93.7 Å². The smallest absolute Gasteiger partial charge is 0.264 e. The minimum absolute atomic E-state index is 0.0119. The largest absolute Gasteiger partial charge is 0.496 e. The number of hydrogen-bond acceptors (Lipinski definition) is 6. The molecule has 0 bridgehead atoms. The van der Waals surface area contributed by atoms with Gasteiger partial charge in [0.15, 0.2) is 16.7 Å². The van der Waals surface area contributed by atoms with Gasteiger partial charge in [-0.05, 0) is 42.5 Å². The Morgan fingerprint density at radius 3 is 1.94 bits per heavy atom. The number of ether oxygens (including phenoxy) is 2. The molecule has 8 heteroatoms. The maximum Gasteiger partial charge on any atom is 0.264 e. The number of benzene rings is 3. The number of thiocarbonyl (C=S) groups is 1. The molecule has 1 amide bonds. The van der Waals surface area contributed by atoms with Gasteiger partial charge in [0.2, 0.25) is 0 Å². The maximum absolute atomic E-state index is 12.9. The third kappa shape index (κ3) is 3.72. The number of rotatable bonds is 4. The molecule has 3 aromatic rings. The second kappa shape index (κ2) is 8.60. The quantitative estimate of drug-likeness (QED) is 0.463. The summed E-state index contributed by atoms with van der Waals surface area (Å²) in [5.41, 5.74) is 2.01. The Hall–Kier alpha value is -4.04. The first-order valence-corrected chi connectivity index (χ1v) is 10.0. The lowest BCUT2D eigenvalue weighted by atomic mass is 9.84. The highest BCUT2D eigenvalue weighted by Gasteiger charge is 2.29. The van der Waals surface area contributed by atoms with Crippen molar-refractivity contribution < 1.29 is 23.9 Å². The standard InChI is InChI=1S/C24H18N2O5S/c1-30-18-8-5-9-19(31-2)20(18)23(29)26-24(32)25-13-10-11-16-17(12-13)22(28)15-7-4-3-6-14(15)21(16)27/h3-12H,1-2H3,(H2,25,26,29,32). The van der Waals surface area contributed by atoms with E-state index in [9.17, 15) is 14.4 Å². The first-order valence-electron chi connectivity index (χ1n) is 9.60. The van der Waals surface area contributed by atoms with Crippen LogP contribution < -0.4 is 20.1 Å². The van der Waals surface area contributed by atoms with Gasteiger partial charge in [0.25, 0.3) is 5.91 Å². The van der Waals surface area contributed by atoms with Crippen molar-refractivity contribution in [3.05, 3.63) is 88.5 Å². The number of anilines is 1. The molecule has 4 rings (SSSR count). The molecule has 0 fully saturated rings. The zero-order valence-corrected chi connectivity index (χ0v) is 18.0. The minimum Gasteiger partial charge on any atom is -0.496 e. The zero-order valence-electron chi connectivity index (χ0n) is 17.2. The van der Waals surface area contributed by atoms with Crippen molar-refractivity contribution >= 4 is 40.5 Å². The molecule has 0 spiro atoms. The van der Waals surface area contributed by atoms with E-state index in [2.05, 4.69) is 10.6 Å². The predicted octanol–water partition coefficient (Wildman–Crippen LogP) is 3.61. The average Bonchev–Trinajstić information content (AvgIpc) is 2.81. The summed E-state index contributed by atoms with van der Waals surface area (Å²) in [5.74, 6) is -0.300. The van der Waals surface area contributed by atoms with Crippen LogP contribution in [0.2, 0.25) is 0 Å². The van der Waals surface area contributed by atoms with E-state index in [0.717, 1.165) is 0 Å². The van der Waals surface area contributed by atoms with Gasteiger partial charge >= 0.3 is 0 Å². The molecule has 0 unspecified atom stereocenters. The third-order valence-electron chi connectivity index (χ3n) is 5.06. The molecule has 0 saturated heterocycles. The number of carbonyl (C=O) groups is 3. The van der Waals surface area contributed by atoms with Crippen LogP contribution in [-0.2, 0) is 0 Å². The van der Waals surface area contributed by atoms with E-state index >= 15 is 0 Å². The summed E-state index contributed by atoms with van der Waals surface area (Å²) in [5, 5.41) is 5.47. The molecule has 3 aromatic carbocycles. The fourth-order valence-corrected chi connectivity index (χ4v) is 3.79. The molecule has 0 heterocycles. The van der Waals surface area contributed by atoms with E-state index in [4.69, 9.17) is 21.7 Å². The Labute approximate surface area is 189 Å². The van der Waals surface area contributed by atoms with Crippen LogP contribution in [0.5, 0.6) is 11.5 Å². The highest BCUT2D eigenvalue weighted by atomic mass is 32.1. The second-order valence-electron chi connectivity index (χ2n) is 6.91. The van der Waals surface area contributed by atoms with Gasteiger partial charge in [-0.3, -0.25) is 19.7 Å². The summed E-state index contributed by atoms with van der Waals surface area (Å²) >= 11 is 5.27. The first kappa shape index (κ1) is 21.2. The van der Waals surface area contributed by atoms with Crippen LogP contribution in [0, 0.1) is 0 Å². The Bertz CT molecular complexity index is 1260. The normalized spacial score (nSPS) is 11.8. The van der Waals surface area contributed by atoms with Gasteiger partial charge in [-0.2, -0.15) is 0 Å². The van der Waals surface area contributed by atoms with Crippen LogP contribution in [0.1, 0.15) is 42.2 Å². The highest BCUT2D eigenvalue weighted by molar-refractivity contribution is 7.80. The van der Waals surface area contributed by atoms with E-state index in [-0.39, 0.29) is 27.8 Å². The van der Waals surface area contributed by atoms with Gasteiger partial charge in [-0.15, -0.1) is 0 Å². The predicted molar refractivity (Wildman–Crippen MR) is 123 cm³/mol. The van der Waals surface area contributed by atoms with Gasteiger partial charge in [-0.25, -0.2) is 0 Å². The van der Waals surface area contributed by atoms with Crippen molar-refractivity contribution in [1.82, 2.24) is 5.32 Å². The summed E-state index contributed by atoms with van der Waals surface area (Å²) in [6, 6.07) is 16.4. The number of methoxy groups -OCH3 is 2. The number of ketones is 2. The number of amides is 1. The molecule has 0 aromatic heterocycles.